The average Bonchev–Trinajstić information content (AvgIpc) is 3.53. The zero-order valence-corrected chi connectivity index (χ0v) is 30.1. The van der Waals surface area contributed by atoms with E-state index in [1.165, 1.54) is 11.0 Å². The molecule has 0 radical (unpaired) electrons. The number of amides is 2. The number of hydrogen-bond acceptors (Lipinski definition) is 9. The van der Waals surface area contributed by atoms with Gasteiger partial charge < -0.3 is 34.3 Å². The third kappa shape index (κ3) is 9.22. The zero-order valence-electron chi connectivity index (χ0n) is 30.1. The number of aliphatic hydroxyl groups excluding tert-OH is 1. The third-order valence-electron chi connectivity index (χ3n) is 8.64. The van der Waals surface area contributed by atoms with Gasteiger partial charge in [-0.25, -0.2) is 4.79 Å². The number of carbonyl (C=O) groups is 4. The summed E-state index contributed by atoms with van der Waals surface area (Å²) in [6, 6.07) is 24.8. The number of aliphatic hydroxyl groups is 1. The van der Waals surface area contributed by atoms with Crippen LogP contribution in [0.4, 0.5) is 0 Å². The third-order valence-corrected chi connectivity index (χ3v) is 8.64. The zero-order chi connectivity index (χ0) is 37.5. The van der Waals surface area contributed by atoms with Crippen molar-refractivity contribution in [2.75, 3.05) is 20.7 Å². The van der Waals surface area contributed by atoms with Crippen molar-refractivity contribution < 1.29 is 43.2 Å². The average molecular weight is 711 g/mol. The Morgan fingerprint density at radius 2 is 1.56 bits per heavy atom. The van der Waals surface area contributed by atoms with Crippen LogP contribution in [0, 0.1) is 0 Å². The fraction of sp³-hybridized carbons (Fsp3) is 0.366. The summed E-state index contributed by atoms with van der Waals surface area (Å²) in [7, 11) is 3.26. The first-order valence-corrected chi connectivity index (χ1v) is 17.3. The van der Waals surface area contributed by atoms with Crippen molar-refractivity contribution in [1.29, 1.82) is 0 Å². The van der Waals surface area contributed by atoms with Crippen molar-refractivity contribution in [3.05, 3.63) is 125 Å². The quantitative estimate of drug-likeness (QED) is 0.198. The topological polar surface area (TPSA) is 141 Å². The first-order chi connectivity index (χ1) is 24.8. The number of likely N-dealkylation sites (N-methyl/N-ethyl adjacent to an activating group) is 1. The lowest BCUT2D eigenvalue weighted by Crippen LogP contribution is -2.45. The molecule has 0 bridgehead atoms. The van der Waals surface area contributed by atoms with Gasteiger partial charge >= 0.3 is 11.9 Å². The molecular formula is C41H46N2O9. The van der Waals surface area contributed by atoms with Gasteiger partial charge in [-0.05, 0) is 51.0 Å². The van der Waals surface area contributed by atoms with Crippen molar-refractivity contribution >= 4 is 29.8 Å². The van der Waals surface area contributed by atoms with Crippen LogP contribution in [0.2, 0.25) is 0 Å². The highest BCUT2D eigenvalue weighted by Gasteiger charge is 2.55. The first kappa shape index (κ1) is 38.1. The van der Waals surface area contributed by atoms with Gasteiger partial charge in [0.25, 0.3) is 0 Å². The van der Waals surface area contributed by atoms with E-state index in [4.69, 9.17) is 18.9 Å². The largest absolute Gasteiger partial charge is 0.460 e. The molecule has 11 heteroatoms. The van der Waals surface area contributed by atoms with Gasteiger partial charge in [0.2, 0.25) is 17.6 Å². The van der Waals surface area contributed by atoms with Gasteiger partial charge in [-0.1, -0.05) is 78.9 Å². The number of benzene rings is 3. The van der Waals surface area contributed by atoms with Gasteiger partial charge in [0.15, 0.2) is 0 Å². The second-order valence-corrected chi connectivity index (χ2v) is 14.0. The number of nitrogens with one attached hydrogen (secondary N) is 1. The Morgan fingerprint density at radius 3 is 2.15 bits per heavy atom. The van der Waals surface area contributed by atoms with Crippen LogP contribution in [0.1, 0.15) is 67.1 Å². The number of rotatable bonds is 12. The lowest BCUT2D eigenvalue weighted by molar-refractivity contribution is -0.157. The van der Waals surface area contributed by atoms with E-state index in [1.807, 2.05) is 60.7 Å². The standard InChI is InChI=1S/C41H46N2O9/c1-40(2,3)51-36(46)23-21-31(26-44)42-38(47)28-24-33(49-39(48)32-19-13-12-14-27(32)20-22-35(45)43(4)5)37-34(25-28)50-41(52-37,29-15-8-6-9-16-29)30-17-10-7-11-18-30/h6-20,22,25,31,33-34,37,44H,21,23-24,26H2,1-5H3,(H,42,47)/t31-,33+,34+,37-/m0/s1. The van der Waals surface area contributed by atoms with Gasteiger partial charge in [-0.3, -0.25) is 14.4 Å². The fourth-order valence-corrected chi connectivity index (χ4v) is 6.10. The Balaban J connectivity index is 1.46. The molecule has 2 amide bonds. The van der Waals surface area contributed by atoms with E-state index >= 15 is 0 Å². The van der Waals surface area contributed by atoms with Crippen LogP contribution < -0.4 is 5.32 Å². The van der Waals surface area contributed by atoms with Crippen molar-refractivity contribution in [3.63, 3.8) is 0 Å². The Bertz CT molecular complexity index is 1760. The molecule has 0 unspecified atom stereocenters. The lowest BCUT2D eigenvalue weighted by atomic mass is 9.91. The van der Waals surface area contributed by atoms with Gasteiger partial charge in [0.05, 0.1) is 18.2 Å². The highest BCUT2D eigenvalue weighted by molar-refractivity contribution is 5.97. The van der Waals surface area contributed by atoms with Crippen LogP contribution >= 0.6 is 0 Å². The summed E-state index contributed by atoms with van der Waals surface area (Å²) in [6.45, 7) is 4.89. The lowest BCUT2D eigenvalue weighted by Gasteiger charge is -2.31. The number of ether oxygens (including phenoxy) is 4. The molecule has 3 aromatic carbocycles. The number of carbonyl (C=O) groups excluding carboxylic acids is 4. The van der Waals surface area contributed by atoms with Crippen molar-refractivity contribution in [1.82, 2.24) is 10.2 Å². The maximum Gasteiger partial charge on any atom is 0.339 e. The predicted octanol–water partition coefficient (Wildman–Crippen LogP) is 4.93. The molecule has 0 saturated carbocycles. The van der Waals surface area contributed by atoms with Crippen LogP contribution in [0.25, 0.3) is 6.08 Å². The van der Waals surface area contributed by atoms with E-state index in [9.17, 15) is 24.3 Å². The summed E-state index contributed by atoms with van der Waals surface area (Å²) in [5.41, 5.74) is 1.73. The monoisotopic (exact) mass is 710 g/mol. The molecule has 274 valence electrons. The first-order valence-electron chi connectivity index (χ1n) is 17.3. The van der Waals surface area contributed by atoms with Crippen LogP contribution in [0.5, 0.6) is 0 Å². The smallest absolute Gasteiger partial charge is 0.339 e. The molecule has 1 fully saturated rings. The number of hydrogen-bond donors (Lipinski definition) is 2. The van der Waals surface area contributed by atoms with E-state index < -0.39 is 60.2 Å². The van der Waals surface area contributed by atoms with Crippen LogP contribution in [-0.2, 0) is 39.1 Å². The Labute approximate surface area is 304 Å². The van der Waals surface area contributed by atoms with Crippen molar-refractivity contribution in [3.8, 4) is 0 Å². The minimum absolute atomic E-state index is 0.00558. The second kappa shape index (κ2) is 16.5. The maximum atomic E-state index is 13.9. The minimum atomic E-state index is -1.39. The maximum absolute atomic E-state index is 13.9. The van der Waals surface area contributed by atoms with E-state index in [1.54, 1.807) is 71.3 Å². The summed E-state index contributed by atoms with van der Waals surface area (Å²) < 4.78 is 25.1. The van der Waals surface area contributed by atoms with E-state index in [0.717, 1.165) is 0 Å². The van der Waals surface area contributed by atoms with Crippen LogP contribution in [0.15, 0.2) is 103 Å². The molecule has 1 aliphatic heterocycles. The molecule has 5 rings (SSSR count). The van der Waals surface area contributed by atoms with Crippen LogP contribution in [-0.4, -0.2) is 84.4 Å². The highest BCUT2D eigenvalue weighted by Crippen LogP contribution is 2.47. The molecule has 2 N–H and O–H groups in total. The fourth-order valence-electron chi connectivity index (χ4n) is 6.10. The molecule has 0 aromatic heterocycles. The molecule has 1 aliphatic carbocycles. The Kier molecular flexibility index (Phi) is 12.1. The summed E-state index contributed by atoms with van der Waals surface area (Å²) in [6.07, 6.45) is 2.10. The molecule has 0 spiro atoms. The molecule has 2 aliphatic rings. The highest BCUT2D eigenvalue weighted by atomic mass is 16.8. The molecule has 3 aromatic rings. The molecule has 4 atom stereocenters. The Hall–Kier alpha value is -5.10. The SMILES string of the molecule is CN(C)C(=O)C=Cc1ccccc1C(=O)O[C@@H]1CC(C(=O)N[C@H](CO)CCC(=O)OC(C)(C)C)=C[C@H]2OC(c3ccccc3)(c3ccccc3)O[C@H]21. The van der Waals surface area contributed by atoms with E-state index in [2.05, 4.69) is 5.32 Å². The predicted molar refractivity (Wildman–Crippen MR) is 194 cm³/mol. The molecule has 11 nitrogen and oxygen atoms in total. The van der Waals surface area contributed by atoms with Crippen molar-refractivity contribution in [2.24, 2.45) is 0 Å². The normalized spacial score (nSPS) is 20.0. The molecule has 52 heavy (non-hydrogen) atoms. The number of esters is 2. The molecular weight excluding hydrogens is 664 g/mol. The van der Waals surface area contributed by atoms with E-state index in [0.29, 0.717) is 16.7 Å². The summed E-state index contributed by atoms with van der Waals surface area (Å²) in [5.74, 6) is -3.26. The van der Waals surface area contributed by atoms with Gasteiger partial charge in [-0.2, -0.15) is 0 Å². The molecule has 1 saturated heterocycles. The number of nitrogens with zero attached hydrogens (tertiary/aromatic N) is 1. The van der Waals surface area contributed by atoms with Crippen molar-refractivity contribution in [2.45, 2.75) is 75.8 Å². The van der Waals surface area contributed by atoms with Gasteiger partial charge in [0, 0.05) is 49.7 Å². The summed E-state index contributed by atoms with van der Waals surface area (Å²) in [5, 5.41) is 12.9. The number of fused-ring (bicyclic) bond motifs is 1. The minimum Gasteiger partial charge on any atom is -0.460 e. The van der Waals surface area contributed by atoms with Gasteiger partial charge in [0.1, 0.15) is 23.9 Å². The second-order valence-electron chi connectivity index (χ2n) is 14.0. The summed E-state index contributed by atoms with van der Waals surface area (Å²) >= 11 is 0. The summed E-state index contributed by atoms with van der Waals surface area (Å²) in [4.78, 5) is 53.7. The van der Waals surface area contributed by atoms with E-state index in [-0.39, 0.29) is 36.3 Å². The molecule has 1 heterocycles. The van der Waals surface area contributed by atoms with Crippen LogP contribution in [0.3, 0.4) is 0 Å². The Morgan fingerprint density at radius 1 is 0.942 bits per heavy atom. The van der Waals surface area contributed by atoms with Gasteiger partial charge in [-0.15, -0.1) is 0 Å².